The number of fused-ring (bicyclic) bond motifs is 1. The number of benzene rings is 2. The summed E-state index contributed by atoms with van der Waals surface area (Å²) in [6, 6.07) is 11.5. The van der Waals surface area contributed by atoms with Gasteiger partial charge in [-0.2, -0.15) is 4.98 Å². The largest absolute Gasteiger partial charge is 0.425 e. The van der Waals surface area contributed by atoms with Gasteiger partial charge in [-0.3, -0.25) is 9.78 Å². The lowest BCUT2D eigenvalue weighted by atomic mass is 10.1. The monoisotopic (exact) mass is 280 g/mol. The summed E-state index contributed by atoms with van der Waals surface area (Å²) in [5.41, 5.74) is 3.64. The summed E-state index contributed by atoms with van der Waals surface area (Å²) in [4.78, 5) is 19.1. The van der Waals surface area contributed by atoms with Crippen LogP contribution in [0.4, 0.5) is 0 Å². The molecule has 0 saturated carbocycles. The van der Waals surface area contributed by atoms with Crippen molar-refractivity contribution in [2.45, 2.75) is 20.8 Å². The van der Waals surface area contributed by atoms with Crippen LogP contribution in [0.15, 0.2) is 41.2 Å². The van der Waals surface area contributed by atoms with Crippen LogP contribution < -0.4 is 10.3 Å². The number of para-hydroxylation sites is 1. The summed E-state index contributed by atoms with van der Waals surface area (Å²) < 4.78 is 5.82. The number of ether oxygens (including phenoxy) is 1. The topological polar surface area (TPSA) is 55.0 Å². The molecule has 1 N–H and O–H groups in total. The molecule has 3 rings (SSSR count). The molecule has 4 nitrogen and oxygen atoms in total. The van der Waals surface area contributed by atoms with Gasteiger partial charge in [-0.15, -0.1) is 0 Å². The Hall–Kier alpha value is -2.62. The quantitative estimate of drug-likeness (QED) is 0.779. The highest BCUT2D eigenvalue weighted by Crippen LogP contribution is 2.28. The normalized spacial score (nSPS) is 10.8. The minimum absolute atomic E-state index is 0.196. The van der Waals surface area contributed by atoms with Gasteiger partial charge in [-0.1, -0.05) is 29.8 Å². The van der Waals surface area contributed by atoms with Crippen molar-refractivity contribution in [2.24, 2.45) is 0 Å². The Labute approximate surface area is 122 Å². The number of nitrogens with one attached hydrogen (secondary N) is 1. The lowest BCUT2D eigenvalue weighted by molar-refractivity contribution is 0.436. The van der Waals surface area contributed by atoms with E-state index in [2.05, 4.69) is 9.97 Å². The molecule has 0 aliphatic rings. The van der Waals surface area contributed by atoms with Crippen LogP contribution in [0, 0.1) is 20.8 Å². The smallest absolute Gasteiger partial charge is 0.302 e. The zero-order chi connectivity index (χ0) is 15.0. The Bertz CT molecular complexity index is 858. The second-order valence-corrected chi connectivity index (χ2v) is 5.22. The van der Waals surface area contributed by atoms with E-state index in [4.69, 9.17) is 4.74 Å². The predicted molar refractivity (Wildman–Crippen MR) is 83.1 cm³/mol. The van der Waals surface area contributed by atoms with E-state index in [0.29, 0.717) is 10.9 Å². The molecule has 4 heteroatoms. The first-order valence-corrected chi connectivity index (χ1v) is 6.79. The van der Waals surface area contributed by atoms with E-state index < -0.39 is 0 Å². The Morgan fingerprint density at radius 3 is 2.43 bits per heavy atom. The molecule has 0 amide bonds. The van der Waals surface area contributed by atoms with Crippen LogP contribution in [0.25, 0.3) is 10.9 Å². The number of hydrogen-bond donors (Lipinski definition) is 1. The summed E-state index contributed by atoms with van der Waals surface area (Å²) in [6.45, 7) is 6.00. The maximum Gasteiger partial charge on any atom is 0.302 e. The van der Waals surface area contributed by atoms with Gasteiger partial charge in [0.1, 0.15) is 5.75 Å². The highest BCUT2D eigenvalue weighted by Gasteiger charge is 2.09. The van der Waals surface area contributed by atoms with E-state index in [1.165, 1.54) is 5.56 Å². The Morgan fingerprint density at radius 1 is 1.05 bits per heavy atom. The molecule has 0 aliphatic heterocycles. The molecule has 106 valence electrons. The molecule has 0 atom stereocenters. The molecule has 0 unspecified atom stereocenters. The van der Waals surface area contributed by atoms with Crippen LogP contribution in [0.1, 0.15) is 16.7 Å². The van der Waals surface area contributed by atoms with Gasteiger partial charge in [-0.05, 0) is 44.0 Å². The first-order chi connectivity index (χ1) is 10.0. The number of aryl methyl sites for hydroxylation is 3. The fraction of sp³-hybridized carbons (Fsp3) is 0.176. The Morgan fingerprint density at radius 2 is 1.71 bits per heavy atom. The highest BCUT2D eigenvalue weighted by molar-refractivity contribution is 5.77. The first-order valence-electron chi connectivity index (χ1n) is 6.79. The number of rotatable bonds is 2. The van der Waals surface area contributed by atoms with Gasteiger partial charge in [0.2, 0.25) is 0 Å². The van der Waals surface area contributed by atoms with Crippen molar-refractivity contribution in [3.05, 3.63) is 63.4 Å². The van der Waals surface area contributed by atoms with Crippen LogP contribution in [0.3, 0.4) is 0 Å². The van der Waals surface area contributed by atoms with E-state index in [9.17, 15) is 4.79 Å². The molecule has 0 bridgehead atoms. The molecule has 3 aromatic rings. The lowest BCUT2D eigenvalue weighted by Crippen LogP contribution is -2.09. The standard InChI is InChI=1S/C17H16N2O2/c1-10-8-11(2)15(12(3)9-10)21-17-18-14-7-5-4-6-13(14)16(20)19-17/h4-9H,1-3H3,(H,18,19,20). The number of hydrogen-bond acceptors (Lipinski definition) is 3. The van der Waals surface area contributed by atoms with Crippen LogP contribution >= 0.6 is 0 Å². The van der Waals surface area contributed by atoms with Gasteiger partial charge >= 0.3 is 6.01 Å². The number of nitrogens with zero attached hydrogens (tertiary/aromatic N) is 1. The third kappa shape index (κ3) is 2.52. The number of aromatic nitrogens is 2. The third-order valence-electron chi connectivity index (χ3n) is 3.39. The molecule has 2 aromatic carbocycles. The van der Waals surface area contributed by atoms with Crippen molar-refractivity contribution in [3.8, 4) is 11.8 Å². The van der Waals surface area contributed by atoms with Crippen molar-refractivity contribution < 1.29 is 4.74 Å². The van der Waals surface area contributed by atoms with Gasteiger partial charge in [0, 0.05) is 0 Å². The molecule has 21 heavy (non-hydrogen) atoms. The second-order valence-electron chi connectivity index (χ2n) is 5.22. The van der Waals surface area contributed by atoms with Crippen LogP contribution in [0.2, 0.25) is 0 Å². The van der Waals surface area contributed by atoms with E-state index in [0.717, 1.165) is 16.9 Å². The van der Waals surface area contributed by atoms with Crippen molar-refractivity contribution >= 4 is 10.9 Å². The van der Waals surface area contributed by atoms with E-state index >= 15 is 0 Å². The van der Waals surface area contributed by atoms with Crippen molar-refractivity contribution in [1.82, 2.24) is 9.97 Å². The van der Waals surface area contributed by atoms with E-state index in [-0.39, 0.29) is 11.6 Å². The Kier molecular flexibility index (Phi) is 3.22. The molecule has 0 radical (unpaired) electrons. The van der Waals surface area contributed by atoms with Crippen molar-refractivity contribution in [1.29, 1.82) is 0 Å². The predicted octanol–water partition coefficient (Wildman–Crippen LogP) is 3.64. The maximum absolute atomic E-state index is 12.0. The molecule has 0 fully saturated rings. The molecule has 0 saturated heterocycles. The lowest BCUT2D eigenvalue weighted by Gasteiger charge is -2.12. The number of H-pyrrole nitrogens is 1. The summed E-state index contributed by atoms with van der Waals surface area (Å²) in [6.07, 6.45) is 0. The average Bonchev–Trinajstić information content (AvgIpc) is 2.43. The van der Waals surface area contributed by atoms with Gasteiger partial charge in [0.25, 0.3) is 5.56 Å². The molecule has 1 heterocycles. The zero-order valence-corrected chi connectivity index (χ0v) is 12.2. The summed E-state index contributed by atoms with van der Waals surface area (Å²) in [5.74, 6) is 0.735. The summed E-state index contributed by atoms with van der Waals surface area (Å²) >= 11 is 0. The molecule has 1 aromatic heterocycles. The highest BCUT2D eigenvalue weighted by atomic mass is 16.5. The summed E-state index contributed by atoms with van der Waals surface area (Å²) in [7, 11) is 0. The molecule has 0 aliphatic carbocycles. The summed E-state index contributed by atoms with van der Waals surface area (Å²) in [5, 5.41) is 0.558. The third-order valence-corrected chi connectivity index (χ3v) is 3.39. The number of aromatic amines is 1. The van der Waals surface area contributed by atoms with Crippen molar-refractivity contribution in [2.75, 3.05) is 0 Å². The van der Waals surface area contributed by atoms with Crippen LogP contribution in [-0.2, 0) is 0 Å². The second kappa shape index (κ2) is 5.05. The minimum Gasteiger partial charge on any atom is -0.425 e. The molecule has 0 spiro atoms. The van der Waals surface area contributed by atoms with Crippen LogP contribution in [-0.4, -0.2) is 9.97 Å². The van der Waals surface area contributed by atoms with E-state index in [1.54, 1.807) is 12.1 Å². The van der Waals surface area contributed by atoms with Gasteiger partial charge < -0.3 is 4.74 Å². The Balaban J connectivity index is 2.09. The van der Waals surface area contributed by atoms with Gasteiger partial charge in [0.05, 0.1) is 10.9 Å². The molecular weight excluding hydrogens is 264 g/mol. The minimum atomic E-state index is -0.196. The fourth-order valence-electron chi connectivity index (χ4n) is 2.54. The zero-order valence-electron chi connectivity index (χ0n) is 12.2. The SMILES string of the molecule is Cc1cc(C)c(Oc2nc3ccccc3c(=O)[nH]2)c(C)c1. The fourth-order valence-corrected chi connectivity index (χ4v) is 2.54. The maximum atomic E-state index is 12.0. The van der Waals surface area contributed by atoms with Crippen LogP contribution in [0.5, 0.6) is 11.8 Å². The molecular formula is C17H16N2O2. The first kappa shape index (κ1) is 13.4. The van der Waals surface area contributed by atoms with Crippen molar-refractivity contribution in [3.63, 3.8) is 0 Å². The van der Waals surface area contributed by atoms with Gasteiger partial charge in [0.15, 0.2) is 0 Å². The van der Waals surface area contributed by atoms with Gasteiger partial charge in [-0.25, -0.2) is 0 Å². The van der Waals surface area contributed by atoms with E-state index in [1.807, 2.05) is 45.0 Å². The average molecular weight is 280 g/mol.